The molecule has 94 valence electrons. The maximum atomic E-state index is 11.6. The fourth-order valence-corrected chi connectivity index (χ4v) is 1.77. The van der Waals surface area contributed by atoms with Crippen LogP contribution in [-0.2, 0) is 19.3 Å². The molecular weight excluding hydrogens is 246 g/mol. The van der Waals surface area contributed by atoms with Gasteiger partial charge in [0, 0.05) is 0 Å². The fraction of sp³-hybridized carbons (Fsp3) is 0.300. The van der Waals surface area contributed by atoms with Gasteiger partial charge in [0.15, 0.2) is 0 Å². The minimum absolute atomic E-state index is 0.455. The van der Waals surface area contributed by atoms with E-state index in [1.165, 1.54) is 6.92 Å². The van der Waals surface area contributed by atoms with E-state index in [1.807, 2.05) is 0 Å². The van der Waals surface area contributed by atoms with Crippen LogP contribution in [-0.4, -0.2) is 25.6 Å². The molecule has 1 rings (SSSR count). The van der Waals surface area contributed by atoms with Crippen LogP contribution in [0.1, 0.15) is 18.4 Å². The Morgan fingerprint density at radius 1 is 1.35 bits per heavy atom. The molecule has 6 nitrogen and oxygen atoms in total. The van der Waals surface area contributed by atoms with Gasteiger partial charge in [-0.15, -0.1) is 0 Å². The molecule has 17 heavy (non-hydrogen) atoms. The van der Waals surface area contributed by atoms with Crippen molar-refractivity contribution in [2.75, 3.05) is 0 Å². The van der Waals surface area contributed by atoms with E-state index in [2.05, 4.69) is 9.32 Å². The lowest BCUT2D eigenvalue weighted by Gasteiger charge is -2.17. The number of carbonyl (C=O) groups excluding carboxylic acids is 1. The Kier molecular flexibility index (Phi) is 4.22. The molecule has 0 radical (unpaired) electrons. The SMILES string of the molecule is CC(O)C(C(=O)OS(N)(=O)=O)c1ccccc1. The second kappa shape index (κ2) is 5.26. The minimum Gasteiger partial charge on any atom is -0.392 e. The maximum absolute atomic E-state index is 11.6. The summed E-state index contributed by atoms with van der Waals surface area (Å²) in [7, 11) is -4.37. The van der Waals surface area contributed by atoms with Crippen molar-refractivity contribution >= 4 is 16.3 Å². The summed E-state index contributed by atoms with van der Waals surface area (Å²) in [5.41, 5.74) is 0.455. The number of carbonyl (C=O) groups is 1. The molecule has 1 aromatic carbocycles. The molecule has 0 aliphatic carbocycles. The van der Waals surface area contributed by atoms with Crippen LogP contribution in [0, 0.1) is 0 Å². The van der Waals surface area contributed by atoms with Gasteiger partial charge in [-0.3, -0.25) is 4.79 Å². The standard InChI is InChI=1S/C10H13NO5S/c1-7(12)9(8-5-3-2-4-6-8)10(13)16-17(11,14)15/h2-7,9,12H,1H3,(H2,11,14,15). The molecule has 0 bridgehead atoms. The first kappa shape index (κ1) is 13.6. The third-order valence-electron chi connectivity index (χ3n) is 2.09. The van der Waals surface area contributed by atoms with Crippen molar-refractivity contribution in [3.63, 3.8) is 0 Å². The van der Waals surface area contributed by atoms with Crippen molar-refractivity contribution in [3.05, 3.63) is 35.9 Å². The van der Waals surface area contributed by atoms with Crippen LogP contribution < -0.4 is 5.14 Å². The largest absolute Gasteiger partial charge is 0.392 e. The monoisotopic (exact) mass is 259 g/mol. The number of aliphatic hydroxyl groups excluding tert-OH is 1. The second-order valence-corrected chi connectivity index (χ2v) is 4.68. The zero-order chi connectivity index (χ0) is 13.1. The topological polar surface area (TPSA) is 107 Å². The van der Waals surface area contributed by atoms with Crippen molar-refractivity contribution in [3.8, 4) is 0 Å². The second-order valence-electron chi connectivity index (χ2n) is 3.52. The Labute approximate surface area is 99.3 Å². The lowest BCUT2D eigenvalue weighted by molar-refractivity contribution is -0.138. The van der Waals surface area contributed by atoms with E-state index in [0.29, 0.717) is 5.56 Å². The van der Waals surface area contributed by atoms with Crippen LogP contribution in [0.25, 0.3) is 0 Å². The van der Waals surface area contributed by atoms with Gasteiger partial charge in [0.1, 0.15) is 5.92 Å². The number of hydrogen-bond donors (Lipinski definition) is 2. The predicted octanol–water partition coefficient (Wildman–Crippen LogP) is -0.102. The Balaban J connectivity index is 2.99. The molecule has 0 spiro atoms. The van der Waals surface area contributed by atoms with Gasteiger partial charge in [-0.05, 0) is 12.5 Å². The summed E-state index contributed by atoms with van der Waals surface area (Å²) in [6.45, 7) is 1.36. The first-order valence-corrected chi connectivity index (χ1v) is 6.27. The fourth-order valence-electron chi connectivity index (χ4n) is 1.44. The lowest BCUT2D eigenvalue weighted by atomic mass is 9.95. The van der Waals surface area contributed by atoms with Crippen LogP contribution in [0.5, 0.6) is 0 Å². The summed E-state index contributed by atoms with van der Waals surface area (Å²) < 4.78 is 25.4. The zero-order valence-electron chi connectivity index (χ0n) is 9.11. The van der Waals surface area contributed by atoms with Crippen LogP contribution in [0.15, 0.2) is 30.3 Å². The van der Waals surface area contributed by atoms with E-state index in [9.17, 15) is 18.3 Å². The highest BCUT2D eigenvalue weighted by Crippen LogP contribution is 2.21. The maximum Gasteiger partial charge on any atom is 0.382 e. The van der Waals surface area contributed by atoms with E-state index in [4.69, 9.17) is 0 Å². The zero-order valence-corrected chi connectivity index (χ0v) is 9.92. The van der Waals surface area contributed by atoms with E-state index in [0.717, 1.165) is 0 Å². The lowest BCUT2D eigenvalue weighted by Crippen LogP contribution is -2.30. The van der Waals surface area contributed by atoms with Crippen molar-refractivity contribution in [2.24, 2.45) is 5.14 Å². The molecule has 3 N–H and O–H groups in total. The molecule has 0 saturated heterocycles. The molecule has 0 saturated carbocycles. The summed E-state index contributed by atoms with van der Waals surface area (Å²) in [4.78, 5) is 11.6. The average Bonchev–Trinajstić information content (AvgIpc) is 2.15. The molecule has 0 aromatic heterocycles. The third kappa shape index (κ3) is 4.14. The molecule has 7 heteroatoms. The normalized spacial score (nSPS) is 15.0. The highest BCUT2D eigenvalue weighted by Gasteiger charge is 2.29. The highest BCUT2D eigenvalue weighted by atomic mass is 32.2. The number of aliphatic hydroxyl groups is 1. The minimum atomic E-state index is -4.37. The predicted molar refractivity (Wildman–Crippen MR) is 60.1 cm³/mol. The molecule has 0 amide bonds. The van der Waals surface area contributed by atoms with Gasteiger partial charge in [-0.1, -0.05) is 30.3 Å². The molecule has 0 aliphatic heterocycles. The van der Waals surface area contributed by atoms with E-state index in [1.54, 1.807) is 30.3 Å². The summed E-state index contributed by atoms with van der Waals surface area (Å²) in [5, 5.41) is 14.1. The van der Waals surface area contributed by atoms with Crippen molar-refractivity contribution < 1.29 is 22.5 Å². The summed E-state index contributed by atoms with van der Waals surface area (Å²) in [5.74, 6) is -2.19. The molecular formula is C10H13NO5S. The van der Waals surface area contributed by atoms with Crippen LogP contribution in [0.3, 0.4) is 0 Å². The third-order valence-corrected chi connectivity index (χ3v) is 2.49. The number of nitrogens with two attached hydrogens (primary N) is 1. The molecule has 0 fully saturated rings. The smallest absolute Gasteiger partial charge is 0.382 e. The molecule has 2 unspecified atom stereocenters. The Morgan fingerprint density at radius 3 is 2.29 bits per heavy atom. The van der Waals surface area contributed by atoms with Gasteiger partial charge in [0.05, 0.1) is 6.10 Å². The molecule has 2 atom stereocenters. The number of hydrogen-bond acceptors (Lipinski definition) is 5. The van der Waals surface area contributed by atoms with Crippen molar-refractivity contribution in [1.82, 2.24) is 0 Å². The Bertz CT molecular complexity index is 483. The van der Waals surface area contributed by atoms with E-state index >= 15 is 0 Å². The Morgan fingerprint density at radius 2 is 1.88 bits per heavy atom. The van der Waals surface area contributed by atoms with E-state index < -0.39 is 28.3 Å². The van der Waals surface area contributed by atoms with Gasteiger partial charge in [-0.25, -0.2) is 0 Å². The quantitative estimate of drug-likeness (QED) is 0.785. The van der Waals surface area contributed by atoms with Crippen LogP contribution in [0.2, 0.25) is 0 Å². The van der Waals surface area contributed by atoms with Gasteiger partial charge < -0.3 is 9.29 Å². The van der Waals surface area contributed by atoms with Gasteiger partial charge in [-0.2, -0.15) is 13.6 Å². The highest BCUT2D eigenvalue weighted by molar-refractivity contribution is 7.84. The van der Waals surface area contributed by atoms with Crippen molar-refractivity contribution in [1.29, 1.82) is 0 Å². The first-order chi connectivity index (χ1) is 7.81. The first-order valence-electron chi connectivity index (χ1n) is 4.80. The van der Waals surface area contributed by atoms with Gasteiger partial charge in [0.25, 0.3) is 0 Å². The Hall–Kier alpha value is -1.44. The summed E-state index contributed by atoms with van der Waals surface area (Å²) >= 11 is 0. The molecule has 0 aliphatic rings. The molecule has 1 aromatic rings. The van der Waals surface area contributed by atoms with Crippen LogP contribution in [0.4, 0.5) is 0 Å². The molecule has 0 heterocycles. The summed E-state index contributed by atoms with van der Waals surface area (Å²) in [6.07, 6.45) is -1.09. The van der Waals surface area contributed by atoms with Gasteiger partial charge in [0.2, 0.25) is 0 Å². The van der Waals surface area contributed by atoms with E-state index in [-0.39, 0.29) is 0 Å². The van der Waals surface area contributed by atoms with Crippen LogP contribution >= 0.6 is 0 Å². The number of rotatable bonds is 4. The average molecular weight is 259 g/mol. The summed E-state index contributed by atoms with van der Waals surface area (Å²) in [6, 6.07) is 8.22. The number of benzene rings is 1. The van der Waals surface area contributed by atoms with Crippen molar-refractivity contribution in [2.45, 2.75) is 18.9 Å². The van der Waals surface area contributed by atoms with Gasteiger partial charge >= 0.3 is 16.3 Å².